The van der Waals surface area contributed by atoms with Gasteiger partial charge in [0.15, 0.2) is 0 Å². The third kappa shape index (κ3) is 4.30. The van der Waals surface area contributed by atoms with E-state index in [0.717, 1.165) is 50.0 Å². The molecule has 1 saturated heterocycles. The molecule has 0 N–H and O–H groups in total. The summed E-state index contributed by atoms with van der Waals surface area (Å²) in [6.45, 7) is 8.64. The summed E-state index contributed by atoms with van der Waals surface area (Å²) in [6.07, 6.45) is 2.14. The van der Waals surface area contributed by atoms with E-state index in [1.165, 1.54) is 5.56 Å². The highest BCUT2D eigenvalue weighted by Gasteiger charge is 2.28. The van der Waals surface area contributed by atoms with Gasteiger partial charge in [-0.3, -0.25) is 9.69 Å². The van der Waals surface area contributed by atoms with Crippen LogP contribution in [0, 0.1) is 5.92 Å². The third-order valence-corrected chi connectivity index (χ3v) is 5.06. The molecule has 1 fully saturated rings. The number of rotatable bonds is 5. The second-order valence-corrected chi connectivity index (χ2v) is 6.53. The molecule has 2 rings (SSSR count). The SMILES string of the molecule is CCN(CC)C(=O)[C@@H]1CCCN(Cc2ccccc2Br)C1. The van der Waals surface area contributed by atoms with Crippen molar-refractivity contribution in [3.05, 3.63) is 34.3 Å². The van der Waals surface area contributed by atoms with Crippen molar-refractivity contribution in [3.63, 3.8) is 0 Å². The smallest absolute Gasteiger partial charge is 0.226 e. The minimum absolute atomic E-state index is 0.168. The molecular formula is C17H25BrN2O. The number of piperidine rings is 1. The Morgan fingerprint density at radius 3 is 2.71 bits per heavy atom. The number of nitrogens with zero attached hydrogens (tertiary/aromatic N) is 2. The van der Waals surface area contributed by atoms with Crippen molar-refractivity contribution in [3.8, 4) is 0 Å². The van der Waals surface area contributed by atoms with Gasteiger partial charge in [0.05, 0.1) is 5.92 Å². The minimum Gasteiger partial charge on any atom is -0.343 e. The Balaban J connectivity index is 1.98. The fraction of sp³-hybridized carbons (Fsp3) is 0.588. The number of hydrogen-bond donors (Lipinski definition) is 0. The van der Waals surface area contributed by atoms with Crippen LogP contribution in [0.3, 0.4) is 0 Å². The van der Waals surface area contributed by atoms with Gasteiger partial charge in [-0.05, 0) is 44.9 Å². The Labute approximate surface area is 136 Å². The topological polar surface area (TPSA) is 23.6 Å². The number of amides is 1. The van der Waals surface area contributed by atoms with Crippen molar-refractivity contribution < 1.29 is 4.79 Å². The van der Waals surface area contributed by atoms with Crippen molar-refractivity contribution in [1.29, 1.82) is 0 Å². The lowest BCUT2D eigenvalue weighted by Crippen LogP contribution is -2.44. The van der Waals surface area contributed by atoms with E-state index in [0.29, 0.717) is 5.91 Å². The molecule has 1 aliphatic heterocycles. The number of likely N-dealkylation sites (tertiary alicyclic amines) is 1. The molecule has 0 radical (unpaired) electrons. The molecule has 0 aliphatic carbocycles. The van der Waals surface area contributed by atoms with Crippen molar-refractivity contribution in [2.45, 2.75) is 33.2 Å². The van der Waals surface area contributed by atoms with Crippen molar-refractivity contribution in [1.82, 2.24) is 9.80 Å². The Hall–Kier alpha value is -0.870. The van der Waals surface area contributed by atoms with Crippen LogP contribution in [0.15, 0.2) is 28.7 Å². The first-order valence-corrected chi connectivity index (χ1v) is 8.69. The maximum Gasteiger partial charge on any atom is 0.226 e. The van der Waals surface area contributed by atoms with Crippen LogP contribution >= 0.6 is 15.9 Å². The molecule has 116 valence electrons. The summed E-state index contributed by atoms with van der Waals surface area (Å²) >= 11 is 3.61. The lowest BCUT2D eigenvalue weighted by atomic mass is 9.96. The van der Waals surface area contributed by atoms with Gasteiger partial charge in [-0.15, -0.1) is 0 Å². The summed E-state index contributed by atoms with van der Waals surface area (Å²) in [6, 6.07) is 8.34. The average molecular weight is 353 g/mol. The molecule has 1 amide bonds. The monoisotopic (exact) mass is 352 g/mol. The molecule has 0 unspecified atom stereocenters. The van der Waals surface area contributed by atoms with Gasteiger partial charge in [0, 0.05) is 30.7 Å². The Bertz CT molecular complexity index is 474. The zero-order chi connectivity index (χ0) is 15.2. The van der Waals surface area contributed by atoms with Crippen LogP contribution in [-0.4, -0.2) is 41.9 Å². The summed E-state index contributed by atoms with van der Waals surface area (Å²) in [7, 11) is 0. The normalized spacial score (nSPS) is 19.5. The predicted molar refractivity (Wildman–Crippen MR) is 90.1 cm³/mol. The Kier molecular flexibility index (Phi) is 6.24. The number of hydrogen-bond acceptors (Lipinski definition) is 2. The lowest BCUT2D eigenvalue weighted by Gasteiger charge is -2.34. The molecule has 0 bridgehead atoms. The van der Waals surface area contributed by atoms with Crippen LogP contribution in [0.1, 0.15) is 32.3 Å². The maximum atomic E-state index is 12.5. The summed E-state index contributed by atoms with van der Waals surface area (Å²) in [5.74, 6) is 0.498. The Morgan fingerprint density at radius 2 is 2.05 bits per heavy atom. The van der Waals surface area contributed by atoms with Crippen LogP contribution in [0.2, 0.25) is 0 Å². The first-order valence-electron chi connectivity index (χ1n) is 7.90. The number of carbonyl (C=O) groups excluding carboxylic acids is 1. The lowest BCUT2D eigenvalue weighted by molar-refractivity contribution is -0.137. The fourth-order valence-corrected chi connectivity index (χ4v) is 3.47. The van der Waals surface area contributed by atoms with Gasteiger partial charge in [0.25, 0.3) is 0 Å². The van der Waals surface area contributed by atoms with Crippen LogP contribution in [0.4, 0.5) is 0 Å². The molecule has 1 atom stereocenters. The molecule has 0 spiro atoms. The first kappa shape index (κ1) is 16.5. The van der Waals surface area contributed by atoms with Crippen LogP contribution in [0.5, 0.6) is 0 Å². The molecule has 0 saturated carbocycles. The summed E-state index contributed by atoms with van der Waals surface area (Å²) in [5, 5.41) is 0. The van der Waals surface area contributed by atoms with E-state index in [1.54, 1.807) is 0 Å². The molecule has 1 heterocycles. The van der Waals surface area contributed by atoms with E-state index in [9.17, 15) is 4.79 Å². The van der Waals surface area contributed by atoms with Crippen LogP contribution in [0.25, 0.3) is 0 Å². The van der Waals surface area contributed by atoms with Crippen molar-refractivity contribution in [2.24, 2.45) is 5.92 Å². The minimum atomic E-state index is 0.168. The molecule has 1 aromatic carbocycles. The second-order valence-electron chi connectivity index (χ2n) is 5.68. The van der Waals surface area contributed by atoms with Crippen LogP contribution < -0.4 is 0 Å². The van der Waals surface area contributed by atoms with Crippen molar-refractivity contribution in [2.75, 3.05) is 26.2 Å². The number of halogens is 1. The molecule has 0 aromatic heterocycles. The Morgan fingerprint density at radius 1 is 1.33 bits per heavy atom. The van der Waals surface area contributed by atoms with E-state index in [-0.39, 0.29) is 5.92 Å². The third-order valence-electron chi connectivity index (χ3n) is 4.28. The van der Waals surface area contributed by atoms with Gasteiger partial charge in [-0.25, -0.2) is 0 Å². The highest BCUT2D eigenvalue weighted by molar-refractivity contribution is 9.10. The standard InChI is InChI=1S/C17H25BrN2O/c1-3-20(4-2)17(21)15-9-7-11-19(13-15)12-14-8-5-6-10-16(14)18/h5-6,8,10,15H,3-4,7,9,11-13H2,1-2H3/t15-/m1/s1. The van der Waals surface area contributed by atoms with Gasteiger partial charge in [-0.1, -0.05) is 34.1 Å². The number of benzene rings is 1. The summed E-state index contributed by atoms with van der Waals surface area (Å²) in [5.41, 5.74) is 1.30. The highest BCUT2D eigenvalue weighted by Crippen LogP contribution is 2.23. The van der Waals surface area contributed by atoms with E-state index in [1.807, 2.05) is 11.0 Å². The van der Waals surface area contributed by atoms with E-state index in [4.69, 9.17) is 0 Å². The van der Waals surface area contributed by atoms with E-state index < -0.39 is 0 Å². The van der Waals surface area contributed by atoms with Crippen molar-refractivity contribution >= 4 is 21.8 Å². The van der Waals surface area contributed by atoms with Gasteiger partial charge >= 0.3 is 0 Å². The quantitative estimate of drug-likeness (QED) is 0.809. The largest absolute Gasteiger partial charge is 0.343 e. The highest BCUT2D eigenvalue weighted by atomic mass is 79.9. The van der Waals surface area contributed by atoms with Gasteiger partial charge in [-0.2, -0.15) is 0 Å². The van der Waals surface area contributed by atoms with Gasteiger partial charge in [0.2, 0.25) is 5.91 Å². The summed E-state index contributed by atoms with van der Waals surface area (Å²) in [4.78, 5) is 16.9. The zero-order valence-electron chi connectivity index (χ0n) is 13.0. The second kappa shape index (κ2) is 7.95. The molecular weight excluding hydrogens is 328 g/mol. The predicted octanol–water partition coefficient (Wildman–Crippen LogP) is 3.53. The van der Waals surface area contributed by atoms with Gasteiger partial charge < -0.3 is 4.90 Å². The number of carbonyl (C=O) groups is 1. The molecule has 3 nitrogen and oxygen atoms in total. The molecule has 1 aromatic rings. The fourth-order valence-electron chi connectivity index (χ4n) is 3.06. The van der Waals surface area contributed by atoms with Crippen LogP contribution in [-0.2, 0) is 11.3 Å². The van der Waals surface area contributed by atoms with Gasteiger partial charge in [0.1, 0.15) is 0 Å². The molecule has 1 aliphatic rings. The molecule has 4 heteroatoms. The average Bonchev–Trinajstić information content (AvgIpc) is 2.51. The van der Waals surface area contributed by atoms with E-state index >= 15 is 0 Å². The van der Waals surface area contributed by atoms with E-state index in [2.05, 4.69) is 52.9 Å². The summed E-state index contributed by atoms with van der Waals surface area (Å²) < 4.78 is 1.15. The molecule has 21 heavy (non-hydrogen) atoms. The maximum absolute atomic E-state index is 12.5. The zero-order valence-corrected chi connectivity index (χ0v) is 14.6. The first-order chi connectivity index (χ1) is 10.2.